The van der Waals surface area contributed by atoms with Gasteiger partial charge in [-0.3, -0.25) is 14.5 Å². The molecule has 13 heteroatoms. The first-order valence-electron chi connectivity index (χ1n) is 20.2. The summed E-state index contributed by atoms with van der Waals surface area (Å²) in [6, 6.07) is 10.7. The molecule has 4 aliphatic heterocycles. The first kappa shape index (κ1) is 39.4. The predicted molar refractivity (Wildman–Crippen MR) is 213 cm³/mol. The number of likely N-dealkylation sites (N-methyl/N-ethyl adjacent to an activating group) is 1. The number of aliphatic hydroxyl groups is 2. The second-order valence-electron chi connectivity index (χ2n) is 16.9. The third kappa shape index (κ3) is 5.17. The van der Waals surface area contributed by atoms with E-state index in [1.807, 2.05) is 62.2 Å². The number of methoxy groups -OCH3 is 3. The van der Waals surface area contributed by atoms with Crippen LogP contribution in [0.2, 0.25) is 0 Å². The molecule has 3 aromatic rings. The van der Waals surface area contributed by atoms with Crippen LogP contribution in [0.25, 0.3) is 10.9 Å². The van der Waals surface area contributed by atoms with Crippen LogP contribution in [0.1, 0.15) is 75.3 Å². The van der Waals surface area contributed by atoms with Crippen LogP contribution >= 0.6 is 0 Å². The van der Waals surface area contributed by atoms with Gasteiger partial charge < -0.3 is 44.4 Å². The number of hydrogen-bond donors (Lipinski definition) is 4. The van der Waals surface area contributed by atoms with Crippen molar-refractivity contribution in [1.82, 2.24) is 15.2 Å². The molecule has 8 atom stereocenters. The van der Waals surface area contributed by atoms with Crippen molar-refractivity contribution < 1.29 is 43.5 Å². The lowest BCUT2D eigenvalue weighted by Crippen LogP contribution is -2.81. The number of carbonyl (C=O) groups excluding carboxylic acids is 3. The maximum Gasteiger partial charge on any atom is 0.344 e. The van der Waals surface area contributed by atoms with Crippen molar-refractivity contribution >= 4 is 34.5 Å². The van der Waals surface area contributed by atoms with Crippen molar-refractivity contribution in [2.24, 2.45) is 5.41 Å². The summed E-state index contributed by atoms with van der Waals surface area (Å²) in [5.41, 5.74) is -2.18. The molecule has 1 spiro atoms. The number of fused-ring (bicyclic) bond motifs is 4. The van der Waals surface area contributed by atoms with Gasteiger partial charge in [0.25, 0.3) is 0 Å². The van der Waals surface area contributed by atoms with Crippen LogP contribution in [0.15, 0.2) is 48.6 Å². The van der Waals surface area contributed by atoms with E-state index < -0.39 is 57.5 Å². The Bertz CT molecular complexity index is 2150. The molecule has 2 fully saturated rings. The van der Waals surface area contributed by atoms with Gasteiger partial charge in [-0.15, -0.1) is 0 Å². The Morgan fingerprint density at radius 2 is 1.70 bits per heavy atom. The van der Waals surface area contributed by atoms with Gasteiger partial charge in [-0.2, -0.15) is 0 Å². The lowest BCUT2D eigenvalue weighted by molar-refractivity contribution is -0.228. The summed E-state index contributed by atoms with van der Waals surface area (Å²) in [5, 5.41) is 29.7. The number of β-amino-alcohol motifs (C(OH)–C–C–N with tert-alkyl or cyclic N) is 1. The fourth-order valence-electron chi connectivity index (χ4n) is 12.1. The Morgan fingerprint density at radius 1 is 0.947 bits per heavy atom. The first-order valence-corrected chi connectivity index (χ1v) is 20.2. The number of aromatic nitrogens is 1. The Balaban J connectivity index is 1.47. The van der Waals surface area contributed by atoms with Crippen LogP contribution in [0.5, 0.6) is 5.75 Å². The average Bonchev–Trinajstić information content (AvgIpc) is 3.87. The molecule has 5 aliphatic rings. The summed E-state index contributed by atoms with van der Waals surface area (Å²) < 4.78 is 23.7. The molecule has 8 rings (SSSR count). The minimum atomic E-state index is -2.31. The van der Waals surface area contributed by atoms with E-state index in [1.54, 1.807) is 7.11 Å². The van der Waals surface area contributed by atoms with Gasteiger partial charge in [0, 0.05) is 77.8 Å². The van der Waals surface area contributed by atoms with E-state index in [0.29, 0.717) is 68.9 Å². The lowest BCUT2D eigenvalue weighted by Gasteiger charge is -2.63. The average molecular weight is 785 g/mol. The Hall–Kier alpha value is -4.43. The maximum absolute atomic E-state index is 15.1. The van der Waals surface area contributed by atoms with E-state index in [1.165, 1.54) is 21.1 Å². The van der Waals surface area contributed by atoms with E-state index in [9.17, 15) is 19.8 Å². The summed E-state index contributed by atoms with van der Waals surface area (Å²) in [5.74, 6) is -1.58. The summed E-state index contributed by atoms with van der Waals surface area (Å²) in [6.45, 7) is 7.47. The van der Waals surface area contributed by atoms with E-state index in [0.717, 1.165) is 27.7 Å². The molecule has 0 radical (unpaired) electrons. The van der Waals surface area contributed by atoms with Gasteiger partial charge >= 0.3 is 17.9 Å². The standard InChI is InChI=1S/C44H56N4O9/c1-8-40(52)17-18-42(38(50)55-6,34-28(15-20-45-25-40)27-13-10-11-14-31(27)46-34)30-23-29-32(24-33(30)54-5)47(4)36-43(29)19-22-48-21-12-16-41(9-2,35(43)48)37(57-26(3)49)44(36,53)39(51)56-7/h10-14,16,23-24,35-37,45-46,52-53H,8-9,15,17-22,25H2,1-7H3/t35-,36?,37+,40?,41+,42-,43+,44-/m0/s1. The predicted octanol–water partition coefficient (Wildman–Crippen LogP) is 3.65. The number of benzene rings is 2. The molecular formula is C44H56N4O9. The summed E-state index contributed by atoms with van der Waals surface area (Å²) >= 11 is 0. The van der Waals surface area contributed by atoms with Crippen LogP contribution in [0.4, 0.5) is 5.69 Å². The number of nitrogens with zero attached hydrogens (tertiary/aromatic N) is 2. The number of para-hydroxylation sites is 1. The number of carbonyl (C=O) groups is 3. The smallest absolute Gasteiger partial charge is 0.344 e. The molecule has 5 heterocycles. The highest BCUT2D eigenvalue weighted by Crippen LogP contribution is 2.68. The SMILES string of the molecule is CCC1(O)CC[C@](C(=O)OC)(c2cc3c(cc2OC)N(C)C2[C@]34CCN3CC=C[C@@](CC)([C@@H](OC(C)=O)[C@]2(O)C(=O)OC)[C@H]34)c2[nH]c3ccccc3c2CCNC1. The number of rotatable bonds is 7. The number of nitrogens with one attached hydrogen (secondary N) is 2. The Kier molecular flexibility index (Phi) is 9.58. The highest BCUT2D eigenvalue weighted by molar-refractivity contribution is 5.95. The molecule has 1 aliphatic carbocycles. The molecule has 4 N–H and O–H groups in total. The number of hydrogen-bond acceptors (Lipinski definition) is 12. The molecule has 1 aromatic heterocycles. The van der Waals surface area contributed by atoms with Crippen molar-refractivity contribution in [2.45, 2.75) is 99.5 Å². The third-order valence-corrected chi connectivity index (χ3v) is 14.6. The molecule has 13 nitrogen and oxygen atoms in total. The minimum Gasteiger partial charge on any atom is -0.496 e. The highest BCUT2D eigenvalue weighted by Gasteiger charge is 2.80. The number of anilines is 1. The lowest BCUT2D eigenvalue weighted by atomic mass is 9.47. The van der Waals surface area contributed by atoms with Crippen LogP contribution in [0, 0.1) is 5.41 Å². The van der Waals surface area contributed by atoms with Gasteiger partial charge in [-0.05, 0) is 74.9 Å². The van der Waals surface area contributed by atoms with Gasteiger partial charge in [0.05, 0.1) is 33.0 Å². The van der Waals surface area contributed by atoms with Crippen molar-refractivity contribution in [3.05, 3.63) is 70.9 Å². The highest BCUT2D eigenvalue weighted by atomic mass is 16.6. The van der Waals surface area contributed by atoms with Gasteiger partial charge in [-0.25, -0.2) is 4.79 Å². The topological polar surface area (TPSA) is 163 Å². The molecule has 1 saturated heterocycles. The molecule has 57 heavy (non-hydrogen) atoms. The van der Waals surface area contributed by atoms with Crippen LogP contribution in [-0.4, -0.2) is 122 Å². The second kappa shape index (κ2) is 13.9. The van der Waals surface area contributed by atoms with Crippen LogP contribution < -0.4 is 15.0 Å². The normalized spacial score (nSPS) is 34.5. The zero-order chi connectivity index (χ0) is 40.7. The second-order valence-corrected chi connectivity index (χ2v) is 16.9. The molecular weight excluding hydrogens is 729 g/mol. The minimum absolute atomic E-state index is 0.185. The number of H-pyrrole nitrogens is 1. The Morgan fingerprint density at radius 3 is 2.39 bits per heavy atom. The summed E-state index contributed by atoms with van der Waals surface area (Å²) in [7, 11) is 6.06. The number of esters is 3. The molecule has 0 amide bonds. The monoisotopic (exact) mass is 784 g/mol. The van der Waals surface area contributed by atoms with Crippen molar-refractivity contribution in [2.75, 3.05) is 59.5 Å². The first-order chi connectivity index (χ1) is 27.3. The summed E-state index contributed by atoms with van der Waals surface area (Å²) in [4.78, 5) is 50.4. The summed E-state index contributed by atoms with van der Waals surface area (Å²) in [6.07, 6.45) is 5.31. The molecule has 0 bridgehead atoms. The van der Waals surface area contributed by atoms with Gasteiger partial charge in [0.1, 0.15) is 11.2 Å². The van der Waals surface area contributed by atoms with Gasteiger partial charge in [-0.1, -0.05) is 44.2 Å². The van der Waals surface area contributed by atoms with Crippen molar-refractivity contribution in [3.8, 4) is 5.75 Å². The quantitative estimate of drug-likeness (QED) is 0.157. The van der Waals surface area contributed by atoms with Gasteiger partial charge in [0.15, 0.2) is 6.10 Å². The number of aromatic amines is 1. The van der Waals surface area contributed by atoms with Gasteiger partial charge in [0.2, 0.25) is 5.60 Å². The Labute approximate surface area is 333 Å². The maximum atomic E-state index is 15.1. The molecule has 2 unspecified atom stereocenters. The van der Waals surface area contributed by atoms with Crippen molar-refractivity contribution in [3.63, 3.8) is 0 Å². The van der Waals surface area contributed by atoms with E-state index in [4.69, 9.17) is 18.9 Å². The zero-order valence-corrected chi connectivity index (χ0v) is 34.1. The largest absolute Gasteiger partial charge is 0.496 e. The van der Waals surface area contributed by atoms with E-state index in [2.05, 4.69) is 27.3 Å². The van der Waals surface area contributed by atoms with Crippen LogP contribution in [0.3, 0.4) is 0 Å². The molecule has 1 saturated carbocycles. The zero-order valence-electron chi connectivity index (χ0n) is 34.1. The third-order valence-electron chi connectivity index (χ3n) is 14.6. The van der Waals surface area contributed by atoms with E-state index >= 15 is 4.79 Å². The van der Waals surface area contributed by atoms with Crippen molar-refractivity contribution in [1.29, 1.82) is 0 Å². The number of ether oxygens (including phenoxy) is 4. The van der Waals surface area contributed by atoms with E-state index in [-0.39, 0.29) is 18.9 Å². The van der Waals surface area contributed by atoms with Crippen LogP contribution in [-0.2, 0) is 45.8 Å². The fourth-order valence-corrected chi connectivity index (χ4v) is 12.1. The fraction of sp³-hybridized carbons (Fsp3) is 0.568. The molecule has 306 valence electrons. The molecule has 2 aromatic carbocycles.